The summed E-state index contributed by atoms with van der Waals surface area (Å²) in [5, 5.41) is 3.12. The molecule has 2 aliphatic heterocycles. The maximum Gasteiger partial charge on any atom is 0.242 e. The Morgan fingerprint density at radius 2 is 1.70 bits per heavy atom. The standard InChI is InChI=1S/C24H42N2O4/c1-23(2,3)18-20(27)26-15-8-10-19(26)21(28)25-14-9-13-24(22-29-16-17-30-22)11-6-4-5-7-12-24/h19,22H,4-18H2,1-3H3,(H,25,28). The number of likely N-dealkylation sites (tertiary alicyclic amines) is 1. The monoisotopic (exact) mass is 422 g/mol. The van der Waals surface area contributed by atoms with E-state index in [0.717, 1.165) is 38.5 Å². The lowest BCUT2D eigenvalue weighted by atomic mass is 9.75. The summed E-state index contributed by atoms with van der Waals surface area (Å²) in [6, 6.07) is -0.298. The summed E-state index contributed by atoms with van der Waals surface area (Å²) >= 11 is 0. The van der Waals surface area contributed by atoms with Gasteiger partial charge in [-0.2, -0.15) is 0 Å². The SMILES string of the molecule is CC(C)(C)CC(=O)N1CCCC1C(=O)NCCCC1(C2OCCO2)CCCCCC1. The molecule has 0 aromatic carbocycles. The first-order chi connectivity index (χ1) is 14.3. The van der Waals surface area contributed by atoms with Crippen LogP contribution >= 0.6 is 0 Å². The summed E-state index contributed by atoms with van der Waals surface area (Å²) in [5.41, 5.74) is 0.0396. The van der Waals surface area contributed by atoms with Crippen molar-refractivity contribution >= 4 is 11.8 Å². The Kier molecular flexibility index (Phi) is 8.19. The van der Waals surface area contributed by atoms with Crippen LogP contribution in [0, 0.1) is 10.8 Å². The third kappa shape index (κ3) is 6.19. The van der Waals surface area contributed by atoms with Gasteiger partial charge in [0.1, 0.15) is 6.04 Å². The molecule has 1 unspecified atom stereocenters. The van der Waals surface area contributed by atoms with Crippen LogP contribution in [-0.2, 0) is 19.1 Å². The van der Waals surface area contributed by atoms with Crippen LogP contribution in [0.5, 0.6) is 0 Å². The molecule has 3 aliphatic rings. The number of hydrogen-bond acceptors (Lipinski definition) is 4. The number of carbonyl (C=O) groups excluding carboxylic acids is 2. The number of hydrogen-bond donors (Lipinski definition) is 1. The summed E-state index contributed by atoms with van der Waals surface area (Å²) in [6.07, 6.45) is 11.4. The van der Waals surface area contributed by atoms with E-state index in [9.17, 15) is 9.59 Å². The third-order valence-electron chi connectivity index (χ3n) is 6.93. The molecule has 1 N–H and O–H groups in total. The smallest absolute Gasteiger partial charge is 0.242 e. The normalized spacial score (nSPS) is 25.3. The first-order valence-corrected chi connectivity index (χ1v) is 12.1. The highest BCUT2D eigenvalue weighted by atomic mass is 16.7. The zero-order valence-corrected chi connectivity index (χ0v) is 19.3. The average Bonchev–Trinajstić information content (AvgIpc) is 3.33. The predicted octanol–water partition coefficient (Wildman–Crippen LogP) is 4.02. The highest BCUT2D eigenvalue weighted by Crippen LogP contribution is 2.44. The van der Waals surface area contributed by atoms with Gasteiger partial charge >= 0.3 is 0 Å². The van der Waals surface area contributed by atoms with Crippen LogP contribution in [0.4, 0.5) is 0 Å². The van der Waals surface area contributed by atoms with E-state index in [1.165, 1.54) is 25.7 Å². The van der Waals surface area contributed by atoms with Crippen LogP contribution in [0.25, 0.3) is 0 Å². The summed E-state index contributed by atoms with van der Waals surface area (Å²) in [7, 11) is 0. The van der Waals surface area contributed by atoms with E-state index in [4.69, 9.17) is 9.47 Å². The zero-order chi connectivity index (χ0) is 21.6. The Morgan fingerprint density at radius 1 is 1.03 bits per heavy atom. The molecule has 2 heterocycles. The molecule has 0 aromatic heterocycles. The van der Waals surface area contributed by atoms with Gasteiger partial charge in [0, 0.05) is 24.9 Å². The van der Waals surface area contributed by atoms with Gasteiger partial charge in [0.2, 0.25) is 11.8 Å². The lowest BCUT2D eigenvalue weighted by molar-refractivity contribution is -0.143. The molecule has 1 atom stereocenters. The molecule has 30 heavy (non-hydrogen) atoms. The second kappa shape index (κ2) is 10.4. The minimum Gasteiger partial charge on any atom is -0.354 e. The first-order valence-electron chi connectivity index (χ1n) is 12.1. The lowest BCUT2D eigenvalue weighted by Gasteiger charge is -2.37. The van der Waals surface area contributed by atoms with E-state index >= 15 is 0 Å². The van der Waals surface area contributed by atoms with Gasteiger partial charge in [-0.15, -0.1) is 0 Å². The Balaban J connectivity index is 1.48. The largest absolute Gasteiger partial charge is 0.354 e. The first kappa shape index (κ1) is 23.5. The molecule has 2 saturated heterocycles. The minimum atomic E-state index is -0.298. The molecule has 1 aliphatic carbocycles. The number of rotatable bonds is 7. The van der Waals surface area contributed by atoms with E-state index in [0.29, 0.717) is 32.7 Å². The molecule has 1 saturated carbocycles. The van der Waals surface area contributed by atoms with Gasteiger partial charge in [-0.1, -0.05) is 46.5 Å². The van der Waals surface area contributed by atoms with Crippen molar-refractivity contribution in [3.63, 3.8) is 0 Å². The van der Waals surface area contributed by atoms with E-state index in [1.54, 1.807) is 4.90 Å². The molecule has 0 bridgehead atoms. The van der Waals surface area contributed by atoms with E-state index in [2.05, 4.69) is 26.1 Å². The summed E-state index contributed by atoms with van der Waals surface area (Å²) in [5.74, 6) is 0.117. The predicted molar refractivity (Wildman–Crippen MR) is 117 cm³/mol. The molecular formula is C24H42N2O4. The molecule has 2 amide bonds. The van der Waals surface area contributed by atoms with Gasteiger partial charge in [0.25, 0.3) is 0 Å². The van der Waals surface area contributed by atoms with Crippen molar-refractivity contribution in [2.24, 2.45) is 10.8 Å². The average molecular weight is 423 g/mol. The van der Waals surface area contributed by atoms with Crippen LogP contribution in [0.1, 0.15) is 91.4 Å². The Labute approximate surface area is 182 Å². The maximum atomic E-state index is 12.8. The van der Waals surface area contributed by atoms with Crippen molar-refractivity contribution in [2.75, 3.05) is 26.3 Å². The fourth-order valence-corrected chi connectivity index (χ4v) is 5.41. The molecule has 6 nitrogen and oxygen atoms in total. The topological polar surface area (TPSA) is 67.9 Å². The maximum absolute atomic E-state index is 12.8. The Hall–Kier alpha value is -1.14. The number of nitrogens with one attached hydrogen (secondary N) is 1. The van der Waals surface area contributed by atoms with E-state index in [-0.39, 0.29) is 35.0 Å². The highest BCUT2D eigenvalue weighted by molar-refractivity contribution is 5.88. The van der Waals surface area contributed by atoms with Crippen molar-refractivity contribution < 1.29 is 19.1 Å². The van der Waals surface area contributed by atoms with Crippen LogP contribution in [-0.4, -0.2) is 55.3 Å². The van der Waals surface area contributed by atoms with Crippen molar-refractivity contribution in [1.82, 2.24) is 10.2 Å². The highest BCUT2D eigenvalue weighted by Gasteiger charge is 2.42. The molecule has 172 valence electrons. The van der Waals surface area contributed by atoms with Crippen molar-refractivity contribution in [2.45, 2.75) is 104 Å². The van der Waals surface area contributed by atoms with Gasteiger partial charge in [0.15, 0.2) is 6.29 Å². The molecule has 3 rings (SSSR count). The number of ether oxygens (including phenoxy) is 2. The number of amides is 2. The van der Waals surface area contributed by atoms with Gasteiger partial charge in [-0.3, -0.25) is 9.59 Å². The van der Waals surface area contributed by atoms with Crippen LogP contribution in [0.15, 0.2) is 0 Å². The number of nitrogens with zero attached hydrogens (tertiary/aromatic N) is 1. The molecule has 6 heteroatoms. The van der Waals surface area contributed by atoms with Gasteiger partial charge in [-0.25, -0.2) is 0 Å². The van der Waals surface area contributed by atoms with Crippen molar-refractivity contribution in [3.8, 4) is 0 Å². The fourth-order valence-electron chi connectivity index (χ4n) is 5.41. The van der Waals surface area contributed by atoms with E-state index < -0.39 is 0 Å². The molecule has 0 aromatic rings. The van der Waals surface area contributed by atoms with Crippen LogP contribution < -0.4 is 5.32 Å². The molecular weight excluding hydrogens is 380 g/mol. The summed E-state index contributed by atoms with van der Waals surface area (Å²) in [6.45, 7) is 8.95. The molecule has 3 fully saturated rings. The molecule has 0 radical (unpaired) electrons. The fraction of sp³-hybridized carbons (Fsp3) is 0.917. The lowest BCUT2D eigenvalue weighted by Crippen LogP contribution is -2.47. The Morgan fingerprint density at radius 3 is 2.33 bits per heavy atom. The van der Waals surface area contributed by atoms with Gasteiger partial charge in [-0.05, 0) is 43.9 Å². The second-order valence-corrected chi connectivity index (χ2v) is 10.7. The number of carbonyl (C=O) groups is 2. The quantitative estimate of drug-likeness (QED) is 0.497. The minimum absolute atomic E-state index is 0.0121. The second-order valence-electron chi connectivity index (χ2n) is 10.7. The summed E-state index contributed by atoms with van der Waals surface area (Å²) in [4.78, 5) is 27.3. The third-order valence-corrected chi connectivity index (χ3v) is 6.93. The van der Waals surface area contributed by atoms with Crippen LogP contribution in [0.2, 0.25) is 0 Å². The van der Waals surface area contributed by atoms with Crippen molar-refractivity contribution in [1.29, 1.82) is 0 Å². The van der Waals surface area contributed by atoms with Gasteiger partial charge < -0.3 is 19.7 Å². The van der Waals surface area contributed by atoms with Crippen molar-refractivity contribution in [3.05, 3.63) is 0 Å². The molecule has 0 spiro atoms. The van der Waals surface area contributed by atoms with Gasteiger partial charge in [0.05, 0.1) is 13.2 Å². The summed E-state index contributed by atoms with van der Waals surface area (Å²) < 4.78 is 11.9. The zero-order valence-electron chi connectivity index (χ0n) is 19.3. The van der Waals surface area contributed by atoms with Crippen LogP contribution in [0.3, 0.4) is 0 Å². The van der Waals surface area contributed by atoms with E-state index in [1.807, 2.05) is 0 Å². The Bertz CT molecular complexity index is 572.